The first-order chi connectivity index (χ1) is 16.8. The van der Waals surface area contributed by atoms with E-state index in [2.05, 4.69) is 13.8 Å². The highest BCUT2D eigenvalue weighted by atomic mass is 16.5. The summed E-state index contributed by atoms with van der Waals surface area (Å²) in [5, 5.41) is 20.2. The van der Waals surface area contributed by atoms with E-state index in [1.54, 1.807) is 24.3 Å². The fourth-order valence-electron chi connectivity index (χ4n) is 3.93. The molecule has 0 bridgehead atoms. The van der Waals surface area contributed by atoms with Crippen LogP contribution in [-0.4, -0.2) is 10.2 Å². The molecule has 0 saturated carbocycles. The first-order valence-electron chi connectivity index (χ1n) is 11.6. The van der Waals surface area contributed by atoms with E-state index in [4.69, 9.17) is 15.2 Å². The highest BCUT2D eigenvalue weighted by Crippen LogP contribution is 2.37. The standard InChI is InChI=1S/C30H31NO4/c1-30(2,24-8-11-26(32)12-9-24)25-10-15-29(28(33)17-25)35-20-23-5-3-4-22(16-23)19-34-27-13-6-21(18-31)7-14-27/h3-17,32-33H,18-20,31H2,1-2H3. The van der Waals surface area contributed by atoms with Crippen LogP contribution in [0.3, 0.4) is 0 Å². The number of nitrogens with two attached hydrogens (primary N) is 1. The minimum atomic E-state index is -0.345. The van der Waals surface area contributed by atoms with Gasteiger partial charge in [0.05, 0.1) is 0 Å². The number of rotatable bonds is 9. The molecule has 0 spiro atoms. The number of phenols is 2. The third-order valence-corrected chi connectivity index (χ3v) is 6.22. The van der Waals surface area contributed by atoms with Crippen molar-refractivity contribution in [3.63, 3.8) is 0 Å². The van der Waals surface area contributed by atoms with Crippen molar-refractivity contribution in [3.05, 3.63) is 119 Å². The maximum absolute atomic E-state index is 10.6. The van der Waals surface area contributed by atoms with E-state index in [-0.39, 0.29) is 16.9 Å². The number of benzene rings is 4. The third kappa shape index (κ3) is 5.94. The molecule has 0 aromatic heterocycles. The van der Waals surface area contributed by atoms with Crippen LogP contribution in [0.5, 0.6) is 23.0 Å². The smallest absolute Gasteiger partial charge is 0.161 e. The van der Waals surface area contributed by atoms with Crippen LogP contribution in [0.2, 0.25) is 0 Å². The van der Waals surface area contributed by atoms with Crippen molar-refractivity contribution in [3.8, 4) is 23.0 Å². The number of phenolic OH excluding ortho intramolecular Hbond substituents is 2. The fraction of sp³-hybridized carbons (Fsp3) is 0.200. The van der Waals surface area contributed by atoms with E-state index >= 15 is 0 Å². The average Bonchev–Trinajstić information content (AvgIpc) is 2.87. The van der Waals surface area contributed by atoms with Gasteiger partial charge in [-0.1, -0.05) is 62.4 Å². The zero-order chi connectivity index (χ0) is 24.8. The number of aromatic hydroxyl groups is 2. The van der Waals surface area contributed by atoms with Crippen LogP contribution in [0, 0.1) is 0 Å². The summed E-state index contributed by atoms with van der Waals surface area (Å²) < 4.78 is 11.8. The molecule has 180 valence electrons. The molecule has 0 amide bonds. The summed E-state index contributed by atoms with van der Waals surface area (Å²) in [6.45, 7) is 5.44. The second-order valence-electron chi connectivity index (χ2n) is 9.10. The molecule has 0 heterocycles. The van der Waals surface area contributed by atoms with E-state index in [1.807, 2.05) is 66.7 Å². The molecule has 4 aromatic carbocycles. The monoisotopic (exact) mass is 469 g/mol. The van der Waals surface area contributed by atoms with Crippen molar-refractivity contribution < 1.29 is 19.7 Å². The minimum absolute atomic E-state index is 0.0924. The Bertz CT molecular complexity index is 1260. The van der Waals surface area contributed by atoms with E-state index in [0.717, 1.165) is 33.6 Å². The lowest BCUT2D eigenvalue weighted by Crippen LogP contribution is -2.18. The number of hydrogen-bond donors (Lipinski definition) is 3. The second-order valence-corrected chi connectivity index (χ2v) is 9.10. The lowest BCUT2D eigenvalue weighted by molar-refractivity contribution is 0.287. The average molecular weight is 470 g/mol. The van der Waals surface area contributed by atoms with Crippen molar-refractivity contribution in [1.82, 2.24) is 0 Å². The molecule has 5 heteroatoms. The summed E-state index contributed by atoms with van der Waals surface area (Å²) in [6.07, 6.45) is 0. The molecule has 35 heavy (non-hydrogen) atoms. The predicted molar refractivity (Wildman–Crippen MR) is 138 cm³/mol. The molecular weight excluding hydrogens is 438 g/mol. The topological polar surface area (TPSA) is 84.9 Å². The molecule has 0 aliphatic heterocycles. The first-order valence-corrected chi connectivity index (χ1v) is 11.6. The Morgan fingerprint density at radius 2 is 1.31 bits per heavy atom. The molecule has 4 aromatic rings. The van der Waals surface area contributed by atoms with Gasteiger partial charge in [-0.15, -0.1) is 0 Å². The van der Waals surface area contributed by atoms with Gasteiger partial charge in [0.2, 0.25) is 0 Å². The highest BCUT2D eigenvalue weighted by molar-refractivity contribution is 5.48. The zero-order valence-corrected chi connectivity index (χ0v) is 20.1. The molecule has 0 aliphatic rings. The number of hydrogen-bond acceptors (Lipinski definition) is 5. The highest BCUT2D eigenvalue weighted by Gasteiger charge is 2.24. The Morgan fingerprint density at radius 3 is 1.94 bits per heavy atom. The Balaban J connectivity index is 1.39. The Hall–Kier alpha value is -3.96. The van der Waals surface area contributed by atoms with Crippen molar-refractivity contribution in [2.24, 2.45) is 5.73 Å². The van der Waals surface area contributed by atoms with Crippen LogP contribution < -0.4 is 15.2 Å². The molecule has 0 atom stereocenters. The van der Waals surface area contributed by atoms with E-state index in [1.165, 1.54) is 0 Å². The summed E-state index contributed by atoms with van der Waals surface area (Å²) in [4.78, 5) is 0. The lowest BCUT2D eigenvalue weighted by atomic mass is 9.78. The third-order valence-electron chi connectivity index (χ3n) is 6.22. The molecule has 5 nitrogen and oxygen atoms in total. The van der Waals surface area contributed by atoms with E-state index in [0.29, 0.717) is 25.5 Å². The summed E-state index contributed by atoms with van der Waals surface area (Å²) in [5.74, 6) is 1.55. The summed E-state index contributed by atoms with van der Waals surface area (Å²) >= 11 is 0. The van der Waals surface area contributed by atoms with Crippen LogP contribution in [0.25, 0.3) is 0 Å². The van der Waals surface area contributed by atoms with Crippen molar-refractivity contribution in [2.45, 2.75) is 39.0 Å². The van der Waals surface area contributed by atoms with Crippen molar-refractivity contribution >= 4 is 0 Å². The molecular formula is C30H31NO4. The van der Waals surface area contributed by atoms with Gasteiger partial charge in [0.1, 0.15) is 24.7 Å². The molecule has 0 saturated heterocycles. The van der Waals surface area contributed by atoms with Crippen LogP contribution >= 0.6 is 0 Å². The fourth-order valence-corrected chi connectivity index (χ4v) is 3.93. The van der Waals surface area contributed by atoms with Crippen LogP contribution in [-0.2, 0) is 25.2 Å². The minimum Gasteiger partial charge on any atom is -0.508 e. The Labute approximate surface area is 206 Å². The van der Waals surface area contributed by atoms with Gasteiger partial charge in [-0.05, 0) is 70.3 Å². The molecule has 4 rings (SSSR count). The summed E-state index contributed by atoms with van der Waals surface area (Å²) in [5.41, 5.74) is 10.4. The van der Waals surface area contributed by atoms with Crippen LogP contribution in [0.4, 0.5) is 0 Å². The lowest BCUT2D eigenvalue weighted by Gasteiger charge is -2.26. The van der Waals surface area contributed by atoms with Crippen molar-refractivity contribution in [1.29, 1.82) is 0 Å². The van der Waals surface area contributed by atoms with Gasteiger partial charge >= 0.3 is 0 Å². The molecule has 0 aliphatic carbocycles. The van der Waals surface area contributed by atoms with E-state index in [9.17, 15) is 10.2 Å². The maximum Gasteiger partial charge on any atom is 0.161 e. The quantitative estimate of drug-likeness (QED) is 0.278. The largest absolute Gasteiger partial charge is 0.508 e. The SMILES string of the molecule is CC(C)(c1ccc(O)cc1)c1ccc(OCc2cccc(COc3ccc(CN)cc3)c2)c(O)c1. The van der Waals surface area contributed by atoms with Gasteiger partial charge in [-0.2, -0.15) is 0 Å². The Morgan fingerprint density at radius 1 is 0.686 bits per heavy atom. The van der Waals surface area contributed by atoms with Gasteiger partial charge < -0.3 is 25.4 Å². The summed E-state index contributed by atoms with van der Waals surface area (Å²) in [6, 6.07) is 28.4. The molecule has 4 N–H and O–H groups in total. The Kier molecular flexibility index (Phi) is 7.28. The second kappa shape index (κ2) is 10.5. The molecule has 0 radical (unpaired) electrons. The van der Waals surface area contributed by atoms with Gasteiger partial charge in [0, 0.05) is 12.0 Å². The van der Waals surface area contributed by atoms with Crippen molar-refractivity contribution in [2.75, 3.05) is 0 Å². The maximum atomic E-state index is 10.6. The van der Waals surface area contributed by atoms with E-state index < -0.39 is 0 Å². The normalized spacial score (nSPS) is 11.3. The van der Waals surface area contributed by atoms with Gasteiger partial charge in [0.15, 0.2) is 11.5 Å². The molecule has 0 fully saturated rings. The van der Waals surface area contributed by atoms with Crippen LogP contribution in [0.1, 0.15) is 41.7 Å². The van der Waals surface area contributed by atoms with Gasteiger partial charge in [-0.25, -0.2) is 0 Å². The first kappa shape index (κ1) is 24.2. The molecule has 0 unspecified atom stereocenters. The zero-order valence-electron chi connectivity index (χ0n) is 20.1. The van der Waals surface area contributed by atoms with Gasteiger partial charge in [-0.3, -0.25) is 0 Å². The van der Waals surface area contributed by atoms with Crippen LogP contribution in [0.15, 0.2) is 91.0 Å². The number of ether oxygens (including phenoxy) is 2. The van der Waals surface area contributed by atoms with Gasteiger partial charge in [0.25, 0.3) is 0 Å². The predicted octanol–water partition coefficient (Wildman–Crippen LogP) is 6.04. The summed E-state index contributed by atoms with van der Waals surface area (Å²) in [7, 11) is 0.